The third-order valence-electron chi connectivity index (χ3n) is 3.63. The molecule has 1 N–H and O–H groups in total. The average molecular weight is 325 g/mol. The summed E-state index contributed by atoms with van der Waals surface area (Å²) >= 11 is 0. The molecule has 0 aliphatic heterocycles. The summed E-state index contributed by atoms with van der Waals surface area (Å²) in [6.45, 7) is 7.61. The molecule has 3 heterocycles. The van der Waals surface area contributed by atoms with Crippen LogP contribution in [-0.2, 0) is 13.1 Å². The Kier molecular flexibility index (Phi) is 4.71. The Morgan fingerprint density at radius 3 is 2.67 bits per heavy atom. The Bertz CT molecular complexity index is 810. The van der Waals surface area contributed by atoms with Gasteiger partial charge < -0.3 is 5.32 Å². The van der Waals surface area contributed by atoms with Crippen molar-refractivity contribution in [3.63, 3.8) is 0 Å². The highest BCUT2D eigenvalue weighted by atomic mass is 15.3. The van der Waals surface area contributed by atoms with Gasteiger partial charge in [0.1, 0.15) is 5.82 Å². The monoisotopic (exact) mass is 325 g/mol. The van der Waals surface area contributed by atoms with E-state index in [0.29, 0.717) is 0 Å². The zero-order chi connectivity index (χ0) is 17.1. The van der Waals surface area contributed by atoms with E-state index in [1.165, 1.54) is 0 Å². The Morgan fingerprint density at radius 1 is 1.17 bits per heavy atom. The van der Waals surface area contributed by atoms with E-state index in [2.05, 4.69) is 46.3 Å². The molecule has 7 heteroatoms. The lowest BCUT2D eigenvalue weighted by molar-refractivity contribution is 0.311. The number of hydrogen-bond donors (Lipinski definition) is 1. The van der Waals surface area contributed by atoms with Crippen LogP contribution in [0.25, 0.3) is 5.65 Å². The van der Waals surface area contributed by atoms with E-state index in [0.717, 1.165) is 41.8 Å². The number of aryl methyl sites for hydroxylation is 1. The summed E-state index contributed by atoms with van der Waals surface area (Å²) in [6.07, 6.45) is 3.82. The van der Waals surface area contributed by atoms with E-state index < -0.39 is 0 Å². The second-order valence-corrected chi connectivity index (χ2v) is 6.31. The van der Waals surface area contributed by atoms with E-state index in [4.69, 9.17) is 4.98 Å². The average Bonchev–Trinajstić information content (AvgIpc) is 2.89. The highest BCUT2D eigenvalue weighted by molar-refractivity contribution is 5.62. The second kappa shape index (κ2) is 6.92. The summed E-state index contributed by atoms with van der Waals surface area (Å²) in [5.74, 6) is 1.63. The van der Waals surface area contributed by atoms with Gasteiger partial charge in [0, 0.05) is 31.5 Å². The lowest BCUT2D eigenvalue weighted by Crippen LogP contribution is -2.20. The van der Waals surface area contributed by atoms with Crippen molar-refractivity contribution in [1.29, 1.82) is 0 Å². The van der Waals surface area contributed by atoms with Crippen LogP contribution in [0.4, 0.5) is 5.82 Å². The molecule has 3 aromatic rings. The molecule has 0 aliphatic rings. The van der Waals surface area contributed by atoms with Crippen LogP contribution in [0.2, 0.25) is 0 Å². The molecule has 24 heavy (non-hydrogen) atoms. The highest BCUT2D eigenvalue weighted by Gasteiger charge is 2.13. The number of pyridine rings is 1. The van der Waals surface area contributed by atoms with Crippen LogP contribution in [0.15, 0.2) is 30.6 Å². The van der Waals surface area contributed by atoms with Crippen molar-refractivity contribution in [2.24, 2.45) is 0 Å². The van der Waals surface area contributed by atoms with Gasteiger partial charge in [-0.05, 0) is 40.0 Å². The smallest absolute Gasteiger partial charge is 0.203 e. The number of nitrogens with zero attached hydrogens (tertiary/aromatic N) is 6. The zero-order valence-corrected chi connectivity index (χ0v) is 14.6. The normalized spacial score (nSPS) is 11.6. The van der Waals surface area contributed by atoms with Crippen LogP contribution in [-0.4, -0.2) is 42.6 Å². The molecule has 126 valence electrons. The standard InChI is InChI=1S/C17H23N7/c1-12(2)19-16-17-22-21-13(3)24(17)11-15(20-16)10-23(4)9-14-7-5-6-8-18-14/h5-8,11-12H,9-10H2,1-4H3,(H,19,20). The fraction of sp³-hybridized carbons (Fsp3) is 0.412. The molecule has 3 rings (SSSR count). The zero-order valence-electron chi connectivity index (χ0n) is 14.6. The maximum atomic E-state index is 4.74. The molecule has 0 spiro atoms. The van der Waals surface area contributed by atoms with Crippen LogP contribution in [0.3, 0.4) is 0 Å². The van der Waals surface area contributed by atoms with Gasteiger partial charge >= 0.3 is 0 Å². The molecular formula is C17H23N7. The predicted octanol–water partition coefficient (Wildman–Crippen LogP) is 2.28. The molecule has 0 atom stereocenters. The highest BCUT2D eigenvalue weighted by Crippen LogP contribution is 2.16. The van der Waals surface area contributed by atoms with Crippen molar-refractivity contribution in [3.8, 4) is 0 Å². The minimum absolute atomic E-state index is 0.278. The molecule has 0 radical (unpaired) electrons. The Hall–Kier alpha value is -2.54. The number of aromatic nitrogens is 5. The summed E-state index contributed by atoms with van der Waals surface area (Å²) < 4.78 is 1.99. The van der Waals surface area contributed by atoms with Crippen LogP contribution in [0.1, 0.15) is 31.1 Å². The Morgan fingerprint density at radius 2 is 1.96 bits per heavy atom. The van der Waals surface area contributed by atoms with Gasteiger partial charge in [-0.25, -0.2) is 4.98 Å². The second-order valence-electron chi connectivity index (χ2n) is 6.31. The minimum atomic E-state index is 0.278. The Labute approximate surface area is 141 Å². The van der Waals surface area contributed by atoms with Crippen LogP contribution >= 0.6 is 0 Å². The molecule has 0 aromatic carbocycles. The van der Waals surface area contributed by atoms with E-state index in [1.54, 1.807) is 0 Å². The summed E-state index contributed by atoms with van der Waals surface area (Å²) in [4.78, 5) is 11.3. The van der Waals surface area contributed by atoms with Gasteiger partial charge in [-0.3, -0.25) is 14.3 Å². The van der Waals surface area contributed by atoms with Gasteiger partial charge in [0.15, 0.2) is 5.82 Å². The number of nitrogens with one attached hydrogen (secondary N) is 1. The molecule has 0 fully saturated rings. The van der Waals surface area contributed by atoms with Crippen molar-refractivity contribution in [1.82, 2.24) is 29.5 Å². The van der Waals surface area contributed by atoms with Gasteiger partial charge in [0.05, 0.1) is 11.4 Å². The van der Waals surface area contributed by atoms with E-state index >= 15 is 0 Å². The van der Waals surface area contributed by atoms with Crippen molar-refractivity contribution in [3.05, 3.63) is 47.8 Å². The molecular weight excluding hydrogens is 302 g/mol. The third kappa shape index (κ3) is 3.68. The van der Waals surface area contributed by atoms with Crippen molar-refractivity contribution < 1.29 is 0 Å². The van der Waals surface area contributed by atoms with Crippen LogP contribution < -0.4 is 5.32 Å². The maximum absolute atomic E-state index is 4.74. The van der Waals surface area contributed by atoms with Crippen LogP contribution in [0.5, 0.6) is 0 Å². The van der Waals surface area contributed by atoms with Gasteiger partial charge in [0.2, 0.25) is 5.65 Å². The lowest BCUT2D eigenvalue weighted by atomic mass is 10.3. The SMILES string of the molecule is Cc1nnc2c(NC(C)C)nc(CN(C)Cc3ccccn3)cn12. The number of fused-ring (bicyclic) bond motifs is 1. The van der Waals surface area contributed by atoms with Gasteiger partial charge in [-0.1, -0.05) is 6.07 Å². The molecule has 0 bridgehead atoms. The summed E-state index contributed by atoms with van der Waals surface area (Å²) in [5, 5.41) is 11.7. The first-order chi connectivity index (χ1) is 11.5. The van der Waals surface area contributed by atoms with Crippen molar-refractivity contribution >= 4 is 11.5 Å². The van der Waals surface area contributed by atoms with Crippen molar-refractivity contribution in [2.45, 2.75) is 39.9 Å². The first kappa shape index (κ1) is 16.3. The van der Waals surface area contributed by atoms with Crippen LogP contribution in [0, 0.1) is 6.92 Å². The summed E-state index contributed by atoms with van der Waals surface area (Å²) in [7, 11) is 2.06. The quantitative estimate of drug-likeness (QED) is 0.750. The van der Waals surface area contributed by atoms with Gasteiger partial charge in [-0.15, -0.1) is 10.2 Å². The largest absolute Gasteiger partial charge is 0.365 e. The van der Waals surface area contributed by atoms with Gasteiger partial charge in [-0.2, -0.15) is 0 Å². The van der Waals surface area contributed by atoms with E-state index in [-0.39, 0.29) is 6.04 Å². The molecule has 0 saturated heterocycles. The number of anilines is 1. The fourth-order valence-electron chi connectivity index (χ4n) is 2.60. The number of hydrogen-bond acceptors (Lipinski definition) is 6. The molecule has 0 unspecified atom stereocenters. The lowest BCUT2D eigenvalue weighted by Gasteiger charge is -2.17. The molecule has 0 saturated carbocycles. The van der Waals surface area contributed by atoms with Crippen molar-refractivity contribution in [2.75, 3.05) is 12.4 Å². The first-order valence-electron chi connectivity index (χ1n) is 8.09. The topological polar surface area (TPSA) is 71.2 Å². The molecule has 7 nitrogen and oxygen atoms in total. The minimum Gasteiger partial charge on any atom is -0.365 e. The summed E-state index contributed by atoms with van der Waals surface area (Å²) in [6, 6.07) is 6.24. The summed E-state index contributed by atoms with van der Waals surface area (Å²) in [5.41, 5.74) is 2.77. The molecule has 0 amide bonds. The van der Waals surface area contributed by atoms with E-state index in [1.807, 2.05) is 41.9 Å². The third-order valence-corrected chi connectivity index (χ3v) is 3.63. The molecule has 3 aromatic heterocycles. The fourth-order valence-corrected chi connectivity index (χ4v) is 2.60. The Balaban J connectivity index is 1.84. The predicted molar refractivity (Wildman–Crippen MR) is 93.7 cm³/mol. The van der Waals surface area contributed by atoms with Gasteiger partial charge in [0.25, 0.3) is 0 Å². The van der Waals surface area contributed by atoms with E-state index in [9.17, 15) is 0 Å². The maximum Gasteiger partial charge on any atom is 0.203 e. The molecule has 0 aliphatic carbocycles. The first-order valence-corrected chi connectivity index (χ1v) is 8.09. The number of rotatable bonds is 6.